The van der Waals surface area contributed by atoms with Gasteiger partial charge in [-0.2, -0.15) is 0 Å². The second-order valence-electron chi connectivity index (χ2n) is 6.40. The van der Waals surface area contributed by atoms with Gasteiger partial charge in [-0.05, 0) is 42.7 Å². The van der Waals surface area contributed by atoms with Crippen LogP contribution in [-0.2, 0) is 14.8 Å². The zero-order valence-electron chi connectivity index (χ0n) is 14.8. The lowest BCUT2D eigenvalue weighted by Crippen LogP contribution is -2.34. The number of amides is 1. The Kier molecular flexibility index (Phi) is 5.18. The molecule has 1 aliphatic heterocycles. The molecule has 0 bridgehead atoms. The number of hydrogen-bond acceptors (Lipinski definition) is 4. The predicted molar refractivity (Wildman–Crippen MR) is 101 cm³/mol. The summed E-state index contributed by atoms with van der Waals surface area (Å²) in [5.41, 5.74) is 1.92. The smallest absolute Gasteiger partial charge is 0.330 e. The molecule has 2 N–H and O–H groups in total. The summed E-state index contributed by atoms with van der Waals surface area (Å²) in [6, 6.07) is 11.9. The summed E-state index contributed by atoms with van der Waals surface area (Å²) >= 11 is 0. The number of carbonyl (C=O) groups is 2. The van der Waals surface area contributed by atoms with Crippen LogP contribution < -0.4 is 9.62 Å². The second kappa shape index (κ2) is 7.40. The van der Waals surface area contributed by atoms with Gasteiger partial charge in [0.05, 0.1) is 11.4 Å². The number of hydrogen-bond donors (Lipinski definition) is 2. The molecule has 0 saturated carbocycles. The maximum atomic E-state index is 12.5. The fourth-order valence-corrected chi connectivity index (χ4v) is 4.76. The van der Waals surface area contributed by atoms with E-state index in [9.17, 15) is 23.1 Å². The van der Waals surface area contributed by atoms with Gasteiger partial charge in [-0.25, -0.2) is 13.2 Å². The van der Waals surface area contributed by atoms with E-state index in [-0.39, 0.29) is 11.3 Å². The molecule has 8 heteroatoms. The lowest BCUT2D eigenvalue weighted by Gasteiger charge is -2.20. The number of nitrogens with one attached hydrogen (secondary N) is 1. The first-order valence-corrected chi connectivity index (χ1v) is 10.1. The van der Waals surface area contributed by atoms with Gasteiger partial charge in [0.15, 0.2) is 6.04 Å². The van der Waals surface area contributed by atoms with E-state index in [1.54, 1.807) is 49.4 Å². The van der Waals surface area contributed by atoms with Crippen molar-refractivity contribution in [1.82, 2.24) is 5.32 Å². The molecular weight excluding hydrogens is 368 g/mol. The van der Waals surface area contributed by atoms with E-state index in [2.05, 4.69) is 5.32 Å². The Morgan fingerprint density at radius 2 is 1.85 bits per heavy atom. The van der Waals surface area contributed by atoms with Gasteiger partial charge < -0.3 is 10.4 Å². The Morgan fingerprint density at radius 1 is 1.15 bits per heavy atom. The zero-order chi connectivity index (χ0) is 19.6. The highest BCUT2D eigenvalue weighted by Crippen LogP contribution is 2.28. The van der Waals surface area contributed by atoms with Crippen molar-refractivity contribution < 1.29 is 23.1 Å². The topological polar surface area (TPSA) is 104 Å². The van der Waals surface area contributed by atoms with E-state index < -0.39 is 27.9 Å². The van der Waals surface area contributed by atoms with Crippen molar-refractivity contribution >= 4 is 27.6 Å². The van der Waals surface area contributed by atoms with Crippen molar-refractivity contribution in [2.24, 2.45) is 0 Å². The van der Waals surface area contributed by atoms with Crippen molar-refractivity contribution in [3.05, 3.63) is 65.2 Å². The molecule has 1 fully saturated rings. The van der Waals surface area contributed by atoms with E-state index >= 15 is 0 Å². The van der Waals surface area contributed by atoms with Crippen LogP contribution in [0.3, 0.4) is 0 Å². The standard InChI is InChI=1S/C19H20N2O5S/c1-13-12-15(8-9-16(13)21-10-5-11-27(21,25)26)18(22)20-17(19(23)24)14-6-3-2-4-7-14/h2-4,6-9,12,17H,5,10-11H2,1H3,(H,20,22)(H,23,24)/t17-/m0/s1. The number of carboxylic acid groups (broad SMARTS) is 1. The highest BCUT2D eigenvalue weighted by atomic mass is 32.2. The lowest BCUT2D eigenvalue weighted by atomic mass is 10.1. The van der Waals surface area contributed by atoms with Gasteiger partial charge in [0.25, 0.3) is 5.91 Å². The molecular formula is C19H20N2O5S. The first-order valence-electron chi connectivity index (χ1n) is 8.49. The normalized spacial score (nSPS) is 16.7. The number of benzene rings is 2. The number of sulfonamides is 1. The van der Waals surface area contributed by atoms with Crippen molar-refractivity contribution in [3.8, 4) is 0 Å². The minimum Gasteiger partial charge on any atom is -0.479 e. The van der Waals surface area contributed by atoms with Crippen LogP contribution in [0.15, 0.2) is 48.5 Å². The highest BCUT2D eigenvalue weighted by Gasteiger charge is 2.30. The van der Waals surface area contributed by atoms with Crippen molar-refractivity contribution in [2.75, 3.05) is 16.6 Å². The first kappa shape index (κ1) is 18.9. The average molecular weight is 388 g/mol. The molecule has 1 aliphatic rings. The number of carboxylic acids is 1. The summed E-state index contributed by atoms with van der Waals surface area (Å²) in [6.07, 6.45) is 0.571. The van der Waals surface area contributed by atoms with E-state index in [1.807, 2.05) is 0 Å². The Hall–Kier alpha value is -2.87. The summed E-state index contributed by atoms with van der Waals surface area (Å²) in [5, 5.41) is 11.9. The van der Waals surface area contributed by atoms with Crippen molar-refractivity contribution in [2.45, 2.75) is 19.4 Å². The van der Waals surface area contributed by atoms with Crippen LogP contribution in [0, 0.1) is 6.92 Å². The SMILES string of the molecule is Cc1cc(C(=O)N[C@H](C(=O)O)c2ccccc2)ccc1N1CCCS1(=O)=O. The number of nitrogens with zero attached hydrogens (tertiary/aromatic N) is 1. The molecule has 1 atom stereocenters. The van der Waals surface area contributed by atoms with Gasteiger partial charge in [-0.15, -0.1) is 0 Å². The largest absolute Gasteiger partial charge is 0.479 e. The fourth-order valence-electron chi connectivity index (χ4n) is 3.13. The molecule has 2 aromatic rings. The molecule has 0 aliphatic carbocycles. The molecule has 2 aromatic carbocycles. The minimum absolute atomic E-state index is 0.117. The van der Waals surface area contributed by atoms with Gasteiger partial charge in [-0.1, -0.05) is 30.3 Å². The Balaban J connectivity index is 1.83. The first-order chi connectivity index (χ1) is 12.8. The fraction of sp³-hybridized carbons (Fsp3) is 0.263. The third-order valence-electron chi connectivity index (χ3n) is 4.48. The summed E-state index contributed by atoms with van der Waals surface area (Å²) < 4.78 is 25.5. The molecule has 142 valence electrons. The van der Waals surface area contributed by atoms with Crippen LogP contribution in [0.25, 0.3) is 0 Å². The summed E-state index contributed by atoms with van der Waals surface area (Å²) in [6.45, 7) is 2.15. The quantitative estimate of drug-likeness (QED) is 0.816. The Bertz CT molecular complexity index is 973. The molecule has 1 saturated heterocycles. The lowest BCUT2D eigenvalue weighted by molar-refractivity contribution is -0.139. The highest BCUT2D eigenvalue weighted by molar-refractivity contribution is 7.93. The molecule has 0 radical (unpaired) electrons. The van der Waals surface area contributed by atoms with Gasteiger partial charge >= 0.3 is 5.97 Å². The monoisotopic (exact) mass is 388 g/mol. The van der Waals surface area contributed by atoms with Crippen LogP contribution in [0.4, 0.5) is 5.69 Å². The zero-order valence-corrected chi connectivity index (χ0v) is 15.6. The van der Waals surface area contributed by atoms with E-state index in [0.717, 1.165) is 0 Å². The third-order valence-corrected chi connectivity index (χ3v) is 6.34. The van der Waals surface area contributed by atoms with E-state index in [1.165, 1.54) is 10.4 Å². The van der Waals surface area contributed by atoms with Gasteiger partial charge in [-0.3, -0.25) is 9.10 Å². The maximum Gasteiger partial charge on any atom is 0.330 e. The molecule has 1 amide bonds. The number of rotatable bonds is 5. The van der Waals surface area contributed by atoms with Crippen LogP contribution >= 0.6 is 0 Å². The molecule has 0 aromatic heterocycles. The van der Waals surface area contributed by atoms with Gasteiger partial charge in [0.1, 0.15) is 0 Å². The van der Waals surface area contributed by atoms with Crippen molar-refractivity contribution in [1.29, 1.82) is 0 Å². The van der Waals surface area contributed by atoms with E-state index in [4.69, 9.17) is 0 Å². The Labute approximate surface area is 157 Å². The molecule has 0 spiro atoms. The maximum absolute atomic E-state index is 12.5. The predicted octanol–water partition coefficient (Wildman–Crippen LogP) is 2.09. The number of carbonyl (C=O) groups excluding carboxylic acids is 1. The summed E-state index contributed by atoms with van der Waals surface area (Å²) in [7, 11) is -3.31. The van der Waals surface area contributed by atoms with E-state index in [0.29, 0.717) is 29.8 Å². The molecule has 3 rings (SSSR count). The molecule has 0 unspecified atom stereocenters. The van der Waals surface area contributed by atoms with Crippen LogP contribution in [0.1, 0.15) is 33.9 Å². The average Bonchev–Trinajstić information content (AvgIpc) is 2.98. The molecule has 7 nitrogen and oxygen atoms in total. The van der Waals surface area contributed by atoms with Gasteiger partial charge in [0.2, 0.25) is 10.0 Å². The third kappa shape index (κ3) is 3.95. The van der Waals surface area contributed by atoms with Crippen LogP contribution in [0.2, 0.25) is 0 Å². The number of aliphatic carboxylic acids is 1. The van der Waals surface area contributed by atoms with Crippen molar-refractivity contribution in [3.63, 3.8) is 0 Å². The van der Waals surface area contributed by atoms with Crippen LogP contribution in [0.5, 0.6) is 0 Å². The number of anilines is 1. The second-order valence-corrected chi connectivity index (χ2v) is 8.41. The molecule has 1 heterocycles. The Morgan fingerprint density at radius 3 is 2.41 bits per heavy atom. The molecule has 27 heavy (non-hydrogen) atoms. The van der Waals surface area contributed by atoms with Gasteiger partial charge in [0, 0.05) is 12.1 Å². The minimum atomic E-state index is -3.31. The number of aryl methyl sites for hydroxylation is 1. The summed E-state index contributed by atoms with van der Waals surface area (Å²) in [5.74, 6) is -1.58. The van der Waals surface area contributed by atoms with Crippen LogP contribution in [-0.4, -0.2) is 37.7 Å². The summed E-state index contributed by atoms with van der Waals surface area (Å²) in [4.78, 5) is 24.1.